The summed E-state index contributed by atoms with van der Waals surface area (Å²) in [5, 5.41) is 107. The van der Waals surface area contributed by atoms with Gasteiger partial charge in [0.2, 0.25) is 0 Å². The number of nitrogens with one attached hydrogen (secondary N) is 2. The van der Waals surface area contributed by atoms with E-state index in [9.17, 15) is 46.0 Å². The molecule has 3 fully saturated rings. The molecule has 1 aliphatic carbocycles. The maximum Gasteiger partial charge on any atom is 0.184 e. The van der Waals surface area contributed by atoms with Crippen molar-refractivity contribution in [1.29, 1.82) is 0 Å². The molecule has 16 nitrogen and oxygen atoms in total. The Morgan fingerprint density at radius 3 is 2.17 bits per heavy atom. The summed E-state index contributed by atoms with van der Waals surface area (Å²) in [4.78, 5) is 0. The smallest absolute Gasteiger partial charge is 0.184 e. The van der Waals surface area contributed by atoms with Crippen LogP contribution in [0, 0.1) is 5.92 Å². The van der Waals surface area contributed by atoms with E-state index in [1.54, 1.807) is 0 Å². The second kappa shape index (κ2) is 15.7. The molecular weight excluding hydrogens is 538 g/mol. The van der Waals surface area contributed by atoms with E-state index in [4.69, 9.17) is 25.1 Å². The van der Waals surface area contributed by atoms with Crippen LogP contribution in [0.3, 0.4) is 0 Å². The number of hydrogen-bond donors (Lipinski definition) is 13. The highest BCUT2D eigenvalue weighted by Crippen LogP contribution is 2.37. The van der Waals surface area contributed by atoms with Crippen LogP contribution in [0.25, 0.3) is 0 Å². The Kier molecular flexibility index (Phi) is 13.3. The topological polar surface area (TPSA) is 280 Å². The summed E-state index contributed by atoms with van der Waals surface area (Å²) in [6.07, 6.45) is -12.9. The molecule has 2 unspecified atom stereocenters. The van der Waals surface area contributed by atoms with Crippen LogP contribution in [0.4, 0.5) is 0 Å². The molecule has 3 aliphatic rings. The lowest BCUT2D eigenvalue weighted by Crippen LogP contribution is -2.69. The molecule has 2 heterocycles. The first kappa shape index (κ1) is 33.9. The van der Waals surface area contributed by atoms with Crippen molar-refractivity contribution in [3.05, 3.63) is 0 Å². The molecule has 3 rings (SSSR count). The summed E-state index contributed by atoms with van der Waals surface area (Å²) < 4.78 is 17.6. The van der Waals surface area contributed by atoms with Crippen LogP contribution in [-0.2, 0) is 14.2 Å². The summed E-state index contributed by atoms with van der Waals surface area (Å²) >= 11 is 0. The summed E-state index contributed by atoms with van der Waals surface area (Å²) in [5.74, 6) is -0.986. The van der Waals surface area contributed by atoms with Crippen molar-refractivity contribution in [3.63, 3.8) is 0 Å². The average Bonchev–Trinajstić information content (AvgIpc) is 2.92. The largest absolute Gasteiger partial charge is 0.395 e. The number of rotatable bonds is 13. The van der Waals surface area contributed by atoms with E-state index in [-0.39, 0.29) is 32.4 Å². The second-order valence-electron chi connectivity index (χ2n) is 11.0. The summed E-state index contributed by atoms with van der Waals surface area (Å²) in [6.45, 7) is -1.62. The van der Waals surface area contributed by atoms with Crippen molar-refractivity contribution in [2.24, 2.45) is 11.7 Å². The molecular formula is C24H47N3O13. The van der Waals surface area contributed by atoms with Gasteiger partial charge in [-0.25, -0.2) is 0 Å². The van der Waals surface area contributed by atoms with Crippen molar-refractivity contribution in [3.8, 4) is 0 Å². The van der Waals surface area contributed by atoms with Gasteiger partial charge in [0.05, 0.1) is 69.1 Å². The molecule has 0 radical (unpaired) electrons. The van der Waals surface area contributed by atoms with Gasteiger partial charge < -0.3 is 81.6 Å². The van der Waals surface area contributed by atoms with Gasteiger partial charge in [-0.05, 0) is 6.42 Å². The zero-order chi connectivity index (χ0) is 29.6. The fourth-order valence-electron chi connectivity index (χ4n) is 5.75. The minimum absolute atomic E-state index is 0.0592. The van der Waals surface area contributed by atoms with E-state index in [1.807, 2.05) is 0 Å². The van der Waals surface area contributed by atoms with Crippen LogP contribution < -0.4 is 16.4 Å². The Hall–Kier alpha value is -0.640. The van der Waals surface area contributed by atoms with Crippen LogP contribution in [0.15, 0.2) is 0 Å². The standard InChI is InChI=1S/C24H47N3O13/c25-13-2-14(27-10(6-28)7-29)22(40-24-17(35)3-15(33)18(9-31)39-24)21(37)19(13)23-20(36)16(34)1-12(38-23)5-26-4-11(32)8-30/h10-24,26-37H,1-9,25H2/t11?,12-,13-,14+,15-,16-,17+,18+,19?,20+,21-,22-,23+,24+/m0/s1. The quantitative estimate of drug-likeness (QED) is 0.0956. The molecule has 14 N–H and O–H groups in total. The Labute approximate surface area is 232 Å². The zero-order valence-electron chi connectivity index (χ0n) is 22.3. The molecule has 2 aliphatic heterocycles. The average molecular weight is 586 g/mol. The molecule has 0 spiro atoms. The predicted octanol–water partition coefficient (Wildman–Crippen LogP) is -6.96. The maximum absolute atomic E-state index is 11.6. The summed E-state index contributed by atoms with van der Waals surface area (Å²) in [6, 6.07) is -2.38. The van der Waals surface area contributed by atoms with Crippen LogP contribution in [-0.4, -0.2) is 176 Å². The molecule has 0 bridgehead atoms. The van der Waals surface area contributed by atoms with Crippen LogP contribution in [0.1, 0.15) is 19.3 Å². The van der Waals surface area contributed by atoms with Crippen molar-refractivity contribution >= 4 is 0 Å². The number of aliphatic hydroxyl groups excluding tert-OH is 10. The lowest BCUT2D eigenvalue weighted by Gasteiger charge is -2.51. The van der Waals surface area contributed by atoms with Gasteiger partial charge in [0.1, 0.15) is 24.4 Å². The third kappa shape index (κ3) is 8.25. The van der Waals surface area contributed by atoms with Gasteiger partial charge in [0, 0.05) is 43.9 Å². The molecule has 16 heteroatoms. The van der Waals surface area contributed by atoms with E-state index in [1.165, 1.54) is 0 Å². The summed E-state index contributed by atoms with van der Waals surface area (Å²) in [5.41, 5.74) is 6.47. The Morgan fingerprint density at radius 2 is 1.55 bits per heavy atom. The number of aliphatic hydroxyl groups is 10. The SMILES string of the molecule is N[C@H]1C[C@@H](NC(CO)CO)[C@H](O[C@H]2O[C@H](CO)[C@@H](O)C[C@H]2O)[C@@H](O)C1[C@H]1O[C@H](CNCC(O)CO)C[C@H](O)[C@H]1O. The molecule has 14 atom stereocenters. The van der Waals surface area contributed by atoms with Gasteiger partial charge in [-0.3, -0.25) is 0 Å². The third-order valence-corrected chi connectivity index (χ3v) is 7.97. The van der Waals surface area contributed by atoms with Crippen molar-refractivity contribution in [2.75, 3.05) is 39.5 Å². The van der Waals surface area contributed by atoms with Crippen molar-refractivity contribution in [1.82, 2.24) is 10.6 Å². The van der Waals surface area contributed by atoms with Crippen molar-refractivity contribution < 1.29 is 65.3 Å². The Morgan fingerprint density at radius 1 is 0.850 bits per heavy atom. The zero-order valence-corrected chi connectivity index (χ0v) is 22.3. The molecule has 2 saturated heterocycles. The van der Waals surface area contributed by atoms with E-state index in [2.05, 4.69) is 10.6 Å². The number of ether oxygens (including phenoxy) is 3. The molecule has 40 heavy (non-hydrogen) atoms. The fourth-order valence-corrected chi connectivity index (χ4v) is 5.75. The monoisotopic (exact) mass is 585 g/mol. The van der Waals surface area contributed by atoms with E-state index >= 15 is 0 Å². The first-order chi connectivity index (χ1) is 19.0. The highest BCUT2D eigenvalue weighted by Gasteiger charge is 2.53. The number of hydrogen-bond acceptors (Lipinski definition) is 16. The summed E-state index contributed by atoms with van der Waals surface area (Å²) in [7, 11) is 0. The molecule has 236 valence electrons. The lowest BCUT2D eigenvalue weighted by molar-refractivity contribution is -0.304. The molecule has 1 saturated carbocycles. The lowest BCUT2D eigenvalue weighted by atomic mass is 9.72. The van der Waals surface area contributed by atoms with Crippen molar-refractivity contribution in [2.45, 2.75) is 105 Å². The van der Waals surface area contributed by atoms with Gasteiger partial charge >= 0.3 is 0 Å². The van der Waals surface area contributed by atoms with Crippen LogP contribution in [0.2, 0.25) is 0 Å². The maximum atomic E-state index is 11.6. The van der Waals surface area contributed by atoms with Gasteiger partial charge in [-0.2, -0.15) is 0 Å². The number of nitrogens with two attached hydrogens (primary N) is 1. The van der Waals surface area contributed by atoms with Gasteiger partial charge in [-0.1, -0.05) is 0 Å². The highest BCUT2D eigenvalue weighted by atomic mass is 16.7. The molecule has 0 aromatic carbocycles. The van der Waals surface area contributed by atoms with E-state index in [0.29, 0.717) is 0 Å². The van der Waals surface area contributed by atoms with Gasteiger partial charge in [0.15, 0.2) is 6.29 Å². The van der Waals surface area contributed by atoms with Gasteiger partial charge in [-0.15, -0.1) is 0 Å². The highest BCUT2D eigenvalue weighted by molar-refractivity contribution is 5.05. The van der Waals surface area contributed by atoms with Crippen LogP contribution in [0.5, 0.6) is 0 Å². The fraction of sp³-hybridized carbons (Fsp3) is 1.00. The molecule has 0 amide bonds. The Bertz CT molecular complexity index is 740. The molecule has 0 aromatic rings. The van der Waals surface area contributed by atoms with E-state index < -0.39 is 118 Å². The first-order valence-corrected chi connectivity index (χ1v) is 13.7. The van der Waals surface area contributed by atoms with Crippen LogP contribution >= 0.6 is 0 Å². The third-order valence-electron chi connectivity index (χ3n) is 7.97. The molecule has 0 aromatic heterocycles. The normalized spacial score (nSPS) is 43.6. The van der Waals surface area contributed by atoms with Gasteiger partial charge in [0.25, 0.3) is 0 Å². The predicted molar refractivity (Wildman–Crippen MR) is 135 cm³/mol. The Balaban J connectivity index is 1.81. The second-order valence-corrected chi connectivity index (χ2v) is 11.0. The minimum atomic E-state index is -1.47. The van der Waals surface area contributed by atoms with E-state index in [0.717, 1.165) is 0 Å². The first-order valence-electron chi connectivity index (χ1n) is 13.7. The minimum Gasteiger partial charge on any atom is -0.395 e.